The first kappa shape index (κ1) is 27.6. The number of benzene rings is 1. The van der Waals surface area contributed by atoms with Gasteiger partial charge in [-0.25, -0.2) is 19.7 Å². The molecule has 13 heteroatoms. The van der Waals surface area contributed by atoms with E-state index < -0.39 is 12.0 Å². The number of carboxylic acids is 1. The summed E-state index contributed by atoms with van der Waals surface area (Å²) < 4.78 is 2.09. The van der Waals surface area contributed by atoms with Crippen molar-refractivity contribution in [3.05, 3.63) is 64.4 Å². The lowest BCUT2D eigenvalue weighted by atomic mass is 10.0. The summed E-state index contributed by atoms with van der Waals surface area (Å²) in [5.41, 5.74) is 2.69. The van der Waals surface area contributed by atoms with Crippen LogP contribution in [0.3, 0.4) is 0 Å². The molecule has 0 radical (unpaired) electrons. The number of hydrogen-bond donors (Lipinski definition) is 2. The molecule has 2 fully saturated rings. The average molecular weight is 632 g/mol. The maximum absolute atomic E-state index is 13.8. The molecule has 0 unspecified atom stereocenters. The molecule has 3 aromatic heterocycles. The van der Waals surface area contributed by atoms with Gasteiger partial charge in [0.25, 0.3) is 0 Å². The fourth-order valence-electron chi connectivity index (χ4n) is 5.73. The lowest BCUT2D eigenvalue weighted by Gasteiger charge is -2.27. The fourth-order valence-corrected chi connectivity index (χ4v) is 6.04. The molecule has 2 aliphatic rings. The summed E-state index contributed by atoms with van der Waals surface area (Å²) in [6.45, 7) is 5.19. The third-order valence-corrected chi connectivity index (χ3v) is 8.52. The highest BCUT2D eigenvalue weighted by molar-refractivity contribution is 9.10. The molecule has 42 heavy (non-hydrogen) atoms. The molecule has 1 aliphatic carbocycles. The number of anilines is 1. The summed E-state index contributed by atoms with van der Waals surface area (Å²) >= 11 is 3.34. The molecule has 12 nitrogen and oxygen atoms in total. The molecule has 1 aliphatic heterocycles. The van der Waals surface area contributed by atoms with Crippen LogP contribution in [0.1, 0.15) is 53.4 Å². The number of nitrogens with zero attached hydrogens (tertiary/aromatic N) is 6. The van der Waals surface area contributed by atoms with Crippen LogP contribution in [0.15, 0.2) is 47.3 Å². The minimum absolute atomic E-state index is 0.0493. The van der Waals surface area contributed by atoms with Crippen molar-refractivity contribution in [1.82, 2.24) is 29.6 Å². The zero-order valence-corrected chi connectivity index (χ0v) is 24.5. The molecule has 2 N–H and O–H groups in total. The van der Waals surface area contributed by atoms with Gasteiger partial charge in [-0.2, -0.15) is 5.10 Å². The van der Waals surface area contributed by atoms with Crippen molar-refractivity contribution >= 4 is 56.2 Å². The maximum Gasteiger partial charge on any atom is 0.373 e. The number of hydrogen-bond acceptors (Lipinski definition) is 8. The fraction of sp³-hybridized carbons (Fsp3) is 0.310. The summed E-state index contributed by atoms with van der Waals surface area (Å²) in [5.74, 6) is -1.94. The lowest BCUT2D eigenvalue weighted by Crippen LogP contribution is -2.47. The topological polar surface area (TPSA) is 160 Å². The second kappa shape index (κ2) is 10.1. The number of aryl methyl sites for hydroxylation is 1. The van der Waals surface area contributed by atoms with E-state index >= 15 is 0 Å². The van der Waals surface area contributed by atoms with Crippen molar-refractivity contribution in [1.29, 1.82) is 0 Å². The van der Waals surface area contributed by atoms with Gasteiger partial charge in [-0.3, -0.25) is 19.1 Å². The molecule has 1 saturated heterocycles. The number of Topliss-reactive ketones (excluding diaryl/α,β-unsaturated/α-hetero) is 1. The predicted molar refractivity (Wildman–Crippen MR) is 155 cm³/mol. The smallest absolute Gasteiger partial charge is 0.373 e. The first-order chi connectivity index (χ1) is 19.9. The number of aromatic carboxylic acids is 1. The minimum Gasteiger partial charge on any atom is -0.475 e. The number of amides is 2. The van der Waals surface area contributed by atoms with E-state index in [1.165, 1.54) is 24.0 Å². The van der Waals surface area contributed by atoms with Crippen LogP contribution in [-0.4, -0.2) is 70.4 Å². The van der Waals surface area contributed by atoms with Gasteiger partial charge in [0, 0.05) is 36.3 Å². The van der Waals surface area contributed by atoms with E-state index in [9.17, 15) is 19.2 Å². The van der Waals surface area contributed by atoms with Gasteiger partial charge in [0.15, 0.2) is 5.78 Å². The monoisotopic (exact) mass is 631 g/mol. The van der Waals surface area contributed by atoms with Gasteiger partial charge in [0.1, 0.15) is 28.7 Å². The highest BCUT2D eigenvalue weighted by Crippen LogP contribution is 2.59. The largest absolute Gasteiger partial charge is 0.475 e. The lowest BCUT2D eigenvalue weighted by molar-refractivity contribution is -0.138. The summed E-state index contributed by atoms with van der Waals surface area (Å²) in [5, 5.41) is 17.0. The molecule has 1 saturated carbocycles. The van der Waals surface area contributed by atoms with Crippen LogP contribution < -0.4 is 5.32 Å². The molecule has 6 rings (SSSR count). The minimum atomic E-state index is -1.23. The molecular weight excluding hydrogens is 606 g/mol. The Hall–Kier alpha value is -4.52. The van der Waals surface area contributed by atoms with E-state index in [0.717, 1.165) is 12.0 Å². The summed E-state index contributed by atoms with van der Waals surface area (Å²) in [6, 6.07) is 8.20. The van der Waals surface area contributed by atoms with Gasteiger partial charge < -0.3 is 15.3 Å². The van der Waals surface area contributed by atoms with Crippen LogP contribution >= 0.6 is 15.9 Å². The number of carbonyl (C=O) groups is 4. The Bertz CT molecular complexity index is 1800. The zero-order valence-electron chi connectivity index (χ0n) is 23.0. The number of rotatable bonds is 7. The third-order valence-electron chi connectivity index (χ3n) is 8.08. The average Bonchev–Trinajstić information content (AvgIpc) is 3.32. The van der Waals surface area contributed by atoms with Gasteiger partial charge >= 0.3 is 5.97 Å². The van der Waals surface area contributed by atoms with Crippen LogP contribution in [0, 0.1) is 12.3 Å². The van der Waals surface area contributed by atoms with Crippen LogP contribution in [0.2, 0.25) is 0 Å². The first-order valence-corrected chi connectivity index (χ1v) is 14.1. The number of fused-ring (bicyclic) bond motifs is 2. The second-order valence-electron chi connectivity index (χ2n) is 11.1. The Morgan fingerprint density at radius 1 is 1.10 bits per heavy atom. The highest BCUT2D eigenvalue weighted by atomic mass is 79.9. The van der Waals surface area contributed by atoms with E-state index in [0.29, 0.717) is 38.9 Å². The Morgan fingerprint density at radius 2 is 1.83 bits per heavy atom. The molecule has 214 valence electrons. The summed E-state index contributed by atoms with van der Waals surface area (Å²) in [6.07, 6.45) is 4.17. The van der Waals surface area contributed by atoms with Gasteiger partial charge in [0.05, 0.1) is 5.52 Å². The van der Waals surface area contributed by atoms with Crippen molar-refractivity contribution in [3.63, 3.8) is 0 Å². The van der Waals surface area contributed by atoms with Gasteiger partial charge in [-0.05, 0) is 70.4 Å². The second-order valence-corrected chi connectivity index (χ2v) is 11.9. The van der Waals surface area contributed by atoms with E-state index in [4.69, 9.17) is 5.11 Å². The molecule has 2 amide bonds. The van der Waals surface area contributed by atoms with Crippen LogP contribution in [0.4, 0.5) is 5.82 Å². The predicted octanol–water partition coefficient (Wildman–Crippen LogP) is 3.88. The number of carboxylic acid groups (broad SMARTS) is 1. The van der Waals surface area contributed by atoms with Crippen LogP contribution in [0.5, 0.6) is 0 Å². The van der Waals surface area contributed by atoms with Crippen LogP contribution in [-0.2, 0) is 16.1 Å². The first-order valence-electron chi connectivity index (χ1n) is 13.3. The molecule has 0 bridgehead atoms. The number of ketones is 1. The molecule has 0 spiro atoms. The molecule has 1 aromatic carbocycles. The molecule has 3 atom stereocenters. The number of likely N-dealkylation sites (tertiary alicyclic amines) is 1. The Labute approximate surface area is 248 Å². The molecular formula is C29H26BrN7O5. The van der Waals surface area contributed by atoms with E-state index in [2.05, 4.69) is 48.2 Å². The Kier molecular flexibility index (Phi) is 6.64. The Balaban J connectivity index is 1.28. The standard InChI is InChI=1S/C29H26BrN7O5/c1-14-4-7-22(30)33-25(14)34-27(40)20-9-29(3)10-21(29)37(20)23(39)13-36-19-6-5-16(8-18(19)24(35-36)15(2)38)17-11-31-26(28(41)42)32-12-17/h4-8,11-12,20-21H,9-10,13H2,1-3H3,(H,41,42)(H,33,34,40)/t20-,21+,29-/m0/s1. The van der Waals surface area contributed by atoms with E-state index in [1.54, 1.807) is 29.2 Å². The normalized spacial score (nSPS) is 20.8. The zero-order chi connectivity index (χ0) is 29.9. The van der Waals surface area contributed by atoms with Crippen molar-refractivity contribution in [2.75, 3.05) is 5.32 Å². The summed E-state index contributed by atoms with van der Waals surface area (Å²) in [4.78, 5) is 64.6. The van der Waals surface area contributed by atoms with Crippen LogP contribution in [0.25, 0.3) is 22.0 Å². The number of piperidine rings is 1. The highest BCUT2D eigenvalue weighted by Gasteiger charge is 2.64. The maximum atomic E-state index is 13.8. The van der Waals surface area contributed by atoms with Crippen molar-refractivity contribution in [2.45, 2.75) is 52.2 Å². The quantitative estimate of drug-likeness (QED) is 0.228. The van der Waals surface area contributed by atoms with Crippen molar-refractivity contribution in [2.24, 2.45) is 5.41 Å². The third kappa shape index (κ3) is 4.83. The summed E-state index contributed by atoms with van der Waals surface area (Å²) in [7, 11) is 0. The number of carbonyl (C=O) groups excluding carboxylic acids is 3. The SMILES string of the molecule is CC(=O)c1nn(CC(=O)N2[C@H](C(=O)Nc3nc(Br)ccc3C)C[C@@]3(C)C[C@@H]23)c2ccc(-c3cnc(C(=O)O)nc3)cc12. The van der Waals surface area contributed by atoms with E-state index in [-0.39, 0.29) is 47.1 Å². The number of halogens is 1. The molecule has 4 heterocycles. The van der Waals surface area contributed by atoms with Crippen molar-refractivity contribution in [3.8, 4) is 11.1 Å². The Morgan fingerprint density at radius 3 is 2.52 bits per heavy atom. The van der Waals surface area contributed by atoms with Gasteiger partial charge in [0.2, 0.25) is 17.6 Å². The van der Waals surface area contributed by atoms with Gasteiger partial charge in [-0.1, -0.05) is 19.1 Å². The number of nitrogens with one attached hydrogen (secondary N) is 1. The van der Waals surface area contributed by atoms with E-state index in [1.807, 2.05) is 13.0 Å². The number of aromatic nitrogens is 5. The molecule has 4 aromatic rings. The van der Waals surface area contributed by atoms with Gasteiger partial charge in [-0.15, -0.1) is 0 Å². The number of pyridine rings is 1. The van der Waals surface area contributed by atoms with Crippen molar-refractivity contribution < 1.29 is 24.3 Å².